The molecule has 0 radical (unpaired) electrons. The average molecular weight is 936 g/mol. The number of phenolic OH excluding ortho intramolecular Hbond substituents is 1. The first-order valence-electron chi connectivity index (χ1n) is 23.7. The quantitative estimate of drug-likeness (QED) is 0.113. The van der Waals surface area contributed by atoms with E-state index in [1.165, 1.54) is 50.1 Å². The van der Waals surface area contributed by atoms with Crippen LogP contribution in [-0.4, -0.2) is 152 Å². The summed E-state index contributed by atoms with van der Waals surface area (Å²) in [6, 6.07) is 4.46. The van der Waals surface area contributed by atoms with Crippen molar-refractivity contribution < 1.29 is 58.7 Å². The third-order valence-electron chi connectivity index (χ3n) is 12.6. The number of amides is 7. The Bertz CT molecular complexity index is 2000. The van der Waals surface area contributed by atoms with E-state index in [0.717, 1.165) is 24.2 Å². The lowest BCUT2D eigenvalue weighted by Gasteiger charge is -2.32. The van der Waals surface area contributed by atoms with Crippen LogP contribution in [0.2, 0.25) is 0 Å². The number of aryl methyl sites for hydroxylation is 1. The van der Waals surface area contributed by atoms with Gasteiger partial charge in [-0.2, -0.15) is 0 Å². The minimum atomic E-state index is -1.65. The number of aliphatic hydroxyl groups excluding tert-OH is 3. The van der Waals surface area contributed by atoms with Gasteiger partial charge in [0.15, 0.2) is 0 Å². The molecule has 0 bridgehead atoms. The second-order valence-corrected chi connectivity index (χ2v) is 17.9. The average Bonchev–Trinajstić information content (AvgIpc) is 3.96. The van der Waals surface area contributed by atoms with E-state index in [1.54, 1.807) is 36.4 Å². The topological polar surface area (TPSA) is 276 Å². The minimum Gasteiger partial charge on any atom is -0.508 e. The summed E-state index contributed by atoms with van der Waals surface area (Å²) in [5.41, 5.74) is 0.908. The molecule has 9 atom stereocenters. The van der Waals surface area contributed by atoms with Crippen molar-refractivity contribution in [1.29, 1.82) is 0 Å². The number of ether oxygens (including phenoxy) is 1. The van der Waals surface area contributed by atoms with E-state index in [-0.39, 0.29) is 63.1 Å². The molecular formula is C48H69N7O12. The van der Waals surface area contributed by atoms with Gasteiger partial charge in [-0.05, 0) is 101 Å². The van der Waals surface area contributed by atoms with E-state index >= 15 is 0 Å². The highest BCUT2D eigenvalue weighted by atomic mass is 16.5. The lowest BCUT2D eigenvalue weighted by Crippen LogP contribution is -2.61. The molecular weight excluding hydrogens is 867 g/mol. The molecule has 9 N–H and O–H groups in total. The number of carbonyl (C=O) groups is 7. The largest absolute Gasteiger partial charge is 0.508 e. The lowest BCUT2D eigenvalue weighted by molar-refractivity contribution is -0.145. The van der Waals surface area contributed by atoms with Crippen molar-refractivity contribution in [1.82, 2.24) is 36.4 Å². The lowest BCUT2D eigenvalue weighted by atomic mass is 10.0. The maximum Gasteiger partial charge on any atom is 0.251 e. The van der Waals surface area contributed by atoms with Crippen molar-refractivity contribution in [3.63, 3.8) is 0 Å². The summed E-state index contributed by atoms with van der Waals surface area (Å²) in [6.45, 7) is 5.10. The highest BCUT2D eigenvalue weighted by Crippen LogP contribution is 2.23. The number of hydrogen-bond acceptors (Lipinski definition) is 12. The monoisotopic (exact) mass is 936 g/mol. The van der Waals surface area contributed by atoms with E-state index in [9.17, 15) is 54.0 Å². The van der Waals surface area contributed by atoms with E-state index in [2.05, 4.69) is 33.5 Å². The van der Waals surface area contributed by atoms with E-state index in [0.29, 0.717) is 30.8 Å². The molecule has 0 aromatic heterocycles. The highest BCUT2D eigenvalue weighted by molar-refractivity contribution is 6.00. The molecule has 7 amide bonds. The van der Waals surface area contributed by atoms with Crippen LogP contribution in [0.4, 0.5) is 0 Å². The molecule has 368 valence electrons. The van der Waals surface area contributed by atoms with Crippen LogP contribution in [0.5, 0.6) is 11.5 Å². The molecule has 0 spiro atoms. The predicted molar refractivity (Wildman–Crippen MR) is 245 cm³/mol. The standard InChI is InChI=1S/C48H69N7O12/c1-4-5-6-7-8-9-26-67-35-21-17-32(18-22-35)42(60)50-36-12-10-24-49-45(63)38-13-11-25-54(38)47(65)40(29(2)56)52-44(62)37(23-16-31-14-19-33(58)20-15-31)51-46(64)39-27-34(59)28-55(39)48(66)41(30(3)57)53-43(36)61/h14-15,17-22,29-30,34,36-41,56-59H,4-13,16,23-28H2,1-3H3,(H,49,63)(H,50,60)(H,51,64)(H,52,62)(H,53,61)/t29-,30-,34?,36?,37+,38+,39+,40+,41+/m1/s1. The highest BCUT2D eigenvalue weighted by Gasteiger charge is 2.45. The number of nitrogens with one attached hydrogen (secondary N) is 5. The van der Waals surface area contributed by atoms with E-state index in [4.69, 9.17) is 4.74 Å². The molecule has 3 fully saturated rings. The van der Waals surface area contributed by atoms with Crippen LogP contribution >= 0.6 is 0 Å². The van der Waals surface area contributed by atoms with Crippen LogP contribution in [0.3, 0.4) is 0 Å². The molecule has 5 rings (SSSR count). The Labute approximate surface area is 391 Å². The van der Waals surface area contributed by atoms with Crippen molar-refractivity contribution >= 4 is 41.4 Å². The summed E-state index contributed by atoms with van der Waals surface area (Å²) in [4.78, 5) is 100. The van der Waals surface area contributed by atoms with Gasteiger partial charge in [0.2, 0.25) is 35.4 Å². The smallest absolute Gasteiger partial charge is 0.251 e. The number of rotatable bonds is 15. The molecule has 19 heteroatoms. The Morgan fingerprint density at radius 1 is 0.761 bits per heavy atom. The maximum absolute atomic E-state index is 14.3. The Hall–Kier alpha value is -5.79. The molecule has 67 heavy (non-hydrogen) atoms. The molecule has 3 aliphatic heterocycles. The van der Waals surface area contributed by atoms with E-state index in [1.807, 2.05) is 0 Å². The van der Waals surface area contributed by atoms with Crippen molar-refractivity contribution in [2.24, 2.45) is 0 Å². The molecule has 3 saturated heterocycles. The van der Waals surface area contributed by atoms with Crippen molar-refractivity contribution in [2.45, 2.75) is 159 Å². The Kier molecular flexibility index (Phi) is 19.8. The van der Waals surface area contributed by atoms with Gasteiger partial charge in [-0.25, -0.2) is 0 Å². The fraction of sp³-hybridized carbons (Fsp3) is 0.604. The number of phenols is 1. The SMILES string of the molecule is CCCCCCCCOc1ccc(C(=O)NC2CCCNC(=O)[C@@H]3CCCN3C(=O)[C@H]([C@@H](C)O)NC(=O)[C@H](CCc3ccc(O)cc3)NC(=O)[C@@H]3CC(O)CN3C(=O)[C@H]([C@@H](C)O)NC2=O)cc1. The van der Waals surface area contributed by atoms with Gasteiger partial charge in [0.05, 0.1) is 24.9 Å². The first-order valence-corrected chi connectivity index (χ1v) is 23.7. The van der Waals surface area contributed by atoms with Crippen molar-refractivity contribution in [3.05, 3.63) is 59.7 Å². The number of unbranched alkanes of at least 4 members (excludes halogenated alkanes) is 5. The molecule has 19 nitrogen and oxygen atoms in total. The first kappa shape index (κ1) is 52.2. The summed E-state index contributed by atoms with van der Waals surface area (Å²) in [6.07, 6.45) is 3.27. The van der Waals surface area contributed by atoms with Gasteiger partial charge in [0, 0.05) is 31.6 Å². The van der Waals surface area contributed by atoms with Gasteiger partial charge >= 0.3 is 0 Å². The summed E-state index contributed by atoms with van der Waals surface area (Å²) < 4.78 is 5.86. The van der Waals surface area contributed by atoms with Crippen LogP contribution in [0.15, 0.2) is 48.5 Å². The van der Waals surface area contributed by atoms with Gasteiger partial charge in [0.1, 0.15) is 47.8 Å². The van der Waals surface area contributed by atoms with Crippen LogP contribution < -0.4 is 31.3 Å². The van der Waals surface area contributed by atoms with Gasteiger partial charge in [-0.15, -0.1) is 0 Å². The fourth-order valence-corrected chi connectivity index (χ4v) is 8.68. The zero-order chi connectivity index (χ0) is 48.6. The molecule has 2 aromatic rings. The molecule has 0 saturated carbocycles. The number of hydrogen-bond donors (Lipinski definition) is 9. The van der Waals surface area contributed by atoms with Crippen molar-refractivity contribution in [2.75, 3.05) is 26.2 Å². The Morgan fingerprint density at radius 3 is 2.07 bits per heavy atom. The van der Waals surface area contributed by atoms with Gasteiger partial charge in [-0.3, -0.25) is 33.6 Å². The zero-order valence-electron chi connectivity index (χ0n) is 38.8. The number of carbonyl (C=O) groups excluding carboxylic acids is 7. The number of aliphatic hydroxyl groups is 3. The summed E-state index contributed by atoms with van der Waals surface area (Å²) in [7, 11) is 0. The third-order valence-corrected chi connectivity index (χ3v) is 12.6. The molecule has 3 aliphatic rings. The van der Waals surface area contributed by atoms with E-state index < -0.39 is 95.9 Å². The van der Waals surface area contributed by atoms with Gasteiger partial charge < -0.3 is 61.5 Å². The Morgan fingerprint density at radius 2 is 1.40 bits per heavy atom. The second-order valence-electron chi connectivity index (χ2n) is 17.9. The number of aromatic hydroxyl groups is 1. The second kappa shape index (κ2) is 25.4. The maximum atomic E-state index is 14.3. The first-order chi connectivity index (χ1) is 32.1. The summed E-state index contributed by atoms with van der Waals surface area (Å²) in [5.74, 6) is -4.69. The summed E-state index contributed by atoms with van der Waals surface area (Å²) in [5, 5.41) is 55.7. The van der Waals surface area contributed by atoms with Gasteiger partial charge in [0.25, 0.3) is 5.91 Å². The van der Waals surface area contributed by atoms with Crippen LogP contribution in [0.25, 0.3) is 0 Å². The number of benzene rings is 2. The van der Waals surface area contributed by atoms with Gasteiger partial charge in [-0.1, -0.05) is 51.2 Å². The Balaban J connectivity index is 1.40. The van der Waals surface area contributed by atoms with Crippen molar-refractivity contribution in [3.8, 4) is 11.5 Å². The summed E-state index contributed by atoms with van der Waals surface area (Å²) >= 11 is 0. The minimum absolute atomic E-state index is 0.0147. The normalized spacial score (nSPS) is 25.7. The van der Waals surface area contributed by atoms with Crippen LogP contribution in [-0.2, 0) is 35.2 Å². The van der Waals surface area contributed by atoms with Crippen LogP contribution in [0.1, 0.15) is 114 Å². The third kappa shape index (κ3) is 14.9. The molecule has 3 heterocycles. The molecule has 2 unspecified atom stereocenters. The number of nitrogens with zero attached hydrogens (tertiary/aromatic N) is 2. The predicted octanol–water partition coefficient (Wildman–Crippen LogP) is 0.942. The van der Waals surface area contributed by atoms with Crippen LogP contribution in [0, 0.1) is 0 Å². The zero-order valence-corrected chi connectivity index (χ0v) is 38.8. The molecule has 0 aliphatic carbocycles. The number of fused-ring (bicyclic) bond motifs is 2. The fourth-order valence-electron chi connectivity index (χ4n) is 8.68. The molecule has 2 aromatic carbocycles.